The number of aromatic amines is 1. The van der Waals surface area contributed by atoms with Crippen LogP contribution in [-0.4, -0.2) is 9.97 Å². The second-order valence-corrected chi connectivity index (χ2v) is 4.88. The first-order valence-corrected chi connectivity index (χ1v) is 7.71. The summed E-state index contributed by atoms with van der Waals surface area (Å²) < 4.78 is 2.23. The maximum Gasteiger partial charge on any atom is 0.169 e. The Morgan fingerprint density at radius 1 is 0.957 bits per heavy atom. The van der Waals surface area contributed by atoms with Crippen LogP contribution >= 0.6 is 0 Å². The van der Waals surface area contributed by atoms with Crippen molar-refractivity contribution in [1.82, 2.24) is 9.97 Å². The van der Waals surface area contributed by atoms with Crippen molar-refractivity contribution in [2.75, 3.05) is 0 Å². The summed E-state index contributed by atoms with van der Waals surface area (Å²) in [5.41, 5.74) is 1.33. The fourth-order valence-electron chi connectivity index (χ4n) is 1.61. The first-order chi connectivity index (χ1) is 10.8. The Hall–Kier alpha value is -1.69. The van der Waals surface area contributed by atoms with E-state index in [0.29, 0.717) is 0 Å². The topological polar surface area (TPSA) is 32.6 Å². The summed E-state index contributed by atoms with van der Waals surface area (Å²) in [5, 5.41) is 0. The Morgan fingerprint density at radius 2 is 1.57 bits per heavy atom. The van der Waals surface area contributed by atoms with Crippen LogP contribution in [0.3, 0.4) is 0 Å². The molecule has 3 nitrogen and oxygen atoms in total. The Balaban J connectivity index is 0.000000340. The molecule has 3 aromatic rings. The van der Waals surface area contributed by atoms with Crippen molar-refractivity contribution in [2.24, 2.45) is 0 Å². The lowest BCUT2D eigenvalue weighted by molar-refractivity contribution is -0.697. The van der Waals surface area contributed by atoms with Crippen molar-refractivity contribution in [1.29, 1.82) is 0 Å². The van der Waals surface area contributed by atoms with Crippen molar-refractivity contribution in [3.05, 3.63) is 85.2 Å². The summed E-state index contributed by atoms with van der Waals surface area (Å²) in [7, 11) is 0. The minimum atomic E-state index is 0. The number of pyridine rings is 2. The van der Waals surface area contributed by atoms with Crippen LogP contribution in [0.1, 0.15) is 25.3 Å². The third-order valence-corrected chi connectivity index (χ3v) is 2.89. The number of hydrogen-bond donors (Lipinski definition) is 1. The Kier molecular flexibility index (Phi) is 14.1. The van der Waals surface area contributed by atoms with Gasteiger partial charge in [0.1, 0.15) is 6.54 Å². The maximum absolute atomic E-state index is 3.78. The molecule has 124 valence electrons. The van der Waals surface area contributed by atoms with Crippen LogP contribution < -0.4 is 28.5 Å². The zero-order chi connectivity index (χ0) is 15.9. The molecule has 3 aromatic heterocycles. The van der Waals surface area contributed by atoms with Crippen molar-refractivity contribution < 1.29 is 28.5 Å². The number of aryl methyl sites for hydroxylation is 2. The number of H-pyrrole nitrogens is 1. The smallest absolute Gasteiger partial charge is 0.169 e. The van der Waals surface area contributed by atoms with Crippen LogP contribution in [0.15, 0.2) is 79.6 Å². The molecule has 0 aromatic carbocycles. The molecule has 3 rings (SSSR count). The lowest BCUT2D eigenvalue weighted by atomic mass is 10.3. The van der Waals surface area contributed by atoms with Crippen molar-refractivity contribution in [2.45, 2.75) is 33.2 Å². The van der Waals surface area contributed by atoms with E-state index in [1.54, 1.807) is 12.4 Å². The number of nitrogens with one attached hydrogen (secondary N) is 1. The van der Waals surface area contributed by atoms with E-state index in [1.165, 1.54) is 18.4 Å². The van der Waals surface area contributed by atoms with Crippen molar-refractivity contribution in [3.8, 4) is 0 Å². The van der Waals surface area contributed by atoms with Crippen molar-refractivity contribution in [3.63, 3.8) is 0 Å². The molecule has 0 saturated carbocycles. The molecule has 0 bridgehead atoms. The number of nitrogens with zero attached hydrogens (tertiary/aromatic N) is 2. The van der Waals surface area contributed by atoms with E-state index in [9.17, 15) is 0 Å². The highest BCUT2D eigenvalue weighted by Crippen LogP contribution is 1.91. The van der Waals surface area contributed by atoms with Gasteiger partial charge in [0.15, 0.2) is 12.4 Å². The van der Waals surface area contributed by atoms with E-state index in [-0.39, 0.29) is 24.0 Å². The van der Waals surface area contributed by atoms with Gasteiger partial charge in [-0.05, 0) is 36.8 Å². The van der Waals surface area contributed by atoms with Crippen LogP contribution in [0.4, 0.5) is 0 Å². The molecule has 3 heterocycles. The molecule has 23 heavy (non-hydrogen) atoms. The third-order valence-electron chi connectivity index (χ3n) is 2.89. The summed E-state index contributed by atoms with van der Waals surface area (Å²) in [6.45, 7) is 5.48. The van der Waals surface area contributed by atoms with Gasteiger partial charge in [-0.1, -0.05) is 19.4 Å². The number of rotatable bonds is 3. The average Bonchev–Trinajstić information content (AvgIpc) is 3.16. The van der Waals surface area contributed by atoms with E-state index in [0.717, 1.165) is 6.54 Å². The molecule has 4 heteroatoms. The molecule has 0 fully saturated rings. The molecular formula is C19H26IN3. The highest BCUT2D eigenvalue weighted by Gasteiger charge is 1.95. The second kappa shape index (κ2) is 15.2. The van der Waals surface area contributed by atoms with E-state index in [2.05, 4.69) is 52.9 Å². The van der Waals surface area contributed by atoms with Gasteiger partial charge in [-0.25, -0.2) is 4.57 Å². The van der Waals surface area contributed by atoms with Crippen LogP contribution in [0, 0.1) is 6.92 Å². The van der Waals surface area contributed by atoms with Crippen LogP contribution in [0.2, 0.25) is 0 Å². The second-order valence-electron chi connectivity index (χ2n) is 4.88. The predicted molar refractivity (Wildman–Crippen MR) is 91.3 cm³/mol. The average molecular weight is 423 g/mol. The quantitative estimate of drug-likeness (QED) is 0.498. The Morgan fingerprint density at radius 3 is 1.91 bits per heavy atom. The molecule has 0 radical (unpaired) electrons. The van der Waals surface area contributed by atoms with Crippen LogP contribution in [-0.2, 0) is 6.54 Å². The predicted octanol–water partition coefficient (Wildman–Crippen LogP) is 1.18. The summed E-state index contributed by atoms with van der Waals surface area (Å²) in [6, 6.07) is 13.9. The van der Waals surface area contributed by atoms with Gasteiger partial charge in [0.25, 0.3) is 0 Å². The van der Waals surface area contributed by atoms with E-state index in [1.807, 2.05) is 42.7 Å². The monoisotopic (exact) mass is 423 g/mol. The lowest BCUT2D eigenvalue weighted by Gasteiger charge is -1.94. The molecular weight excluding hydrogens is 397 g/mol. The van der Waals surface area contributed by atoms with Gasteiger partial charge in [-0.15, -0.1) is 0 Å². The Bertz CT molecular complexity index is 507. The van der Waals surface area contributed by atoms with Gasteiger partial charge in [0.2, 0.25) is 0 Å². The lowest BCUT2D eigenvalue weighted by Crippen LogP contribution is -3.00. The highest BCUT2D eigenvalue weighted by atomic mass is 127. The molecule has 0 saturated heterocycles. The molecule has 0 atom stereocenters. The number of halogens is 1. The van der Waals surface area contributed by atoms with Gasteiger partial charge in [-0.3, -0.25) is 4.98 Å². The first-order valence-electron chi connectivity index (χ1n) is 7.71. The van der Waals surface area contributed by atoms with Gasteiger partial charge < -0.3 is 29.0 Å². The van der Waals surface area contributed by atoms with Gasteiger partial charge in [-0.2, -0.15) is 0 Å². The van der Waals surface area contributed by atoms with Crippen LogP contribution in [0.25, 0.3) is 0 Å². The van der Waals surface area contributed by atoms with Gasteiger partial charge >= 0.3 is 0 Å². The maximum atomic E-state index is 3.78. The number of hydrogen-bond acceptors (Lipinski definition) is 1. The number of aromatic nitrogens is 3. The van der Waals surface area contributed by atoms with Gasteiger partial charge in [0.05, 0.1) is 0 Å². The molecule has 0 amide bonds. The molecule has 0 aliphatic heterocycles. The van der Waals surface area contributed by atoms with Gasteiger partial charge in [0, 0.05) is 43.3 Å². The largest absolute Gasteiger partial charge is 1.00 e. The van der Waals surface area contributed by atoms with E-state index in [4.69, 9.17) is 0 Å². The standard InChI is InChI=1S/C10H16N.C5H5N.C4H5N.HI/c1-3-4-7-11-8-5-10(2)6-9-11;1-2-4-6-5-3-1;1-2-4-5-3-1;/h5-6,8-9H,3-4,7H2,1-2H3;1-5H;1-5H;1H/q+1;;;/p-1. The zero-order valence-electron chi connectivity index (χ0n) is 13.9. The third kappa shape index (κ3) is 12.5. The SMILES string of the molecule is CCCC[n+]1ccc(C)cc1.[I-].c1cc[nH]c1.c1ccncc1. The zero-order valence-corrected chi connectivity index (χ0v) is 16.1. The summed E-state index contributed by atoms with van der Waals surface area (Å²) in [6.07, 6.45) is 14.1. The van der Waals surface area contributed by atoms with E-state index < -0.39 is 0 Å². The minimum absolute atomic E-state index is 0. The summed E-state index contributed by atoms with van der Waals surface area (Å²) >= 11 is 0. The van der Waals surface area contributed by atoms with Crippen LogP contribution in [0.5, 0.6) is 0 Å². The minimum Gasteiger partial charge on any atom is -1.00 e. The number of unbranched alkanes of at least 4 members (excludes halogenated alkanes) is 1. The molecule has 0 aliphatic rings. The first kappa shape index (κ1) is 21.3. The normalized spacial score (nSPS) is 8.61. The molecule has 0 unspecified atom stereocenters. The molecule has 0 aliphatic carbocycles. The fraction of sp³-hybridized carbons (Fsp3) is 0.263. The van der Waals surface area contributed by atoms with Crippen molar-refractivity contribution >= 4 is 0 Å². The molecule has 1 N–H and O–H groups in total. The Labute approximate surface area is 156 Å². The van der Waals surface area contributed by atoms with E-state index >= 15 is 0 Å². The highest BCUT2D eigenvalue weighted by molar-refractivity contribution is 5.03. The summed E-state index contributed by atoms with van der Waals surface area (Å²) in [5.74, 6) is 0. The molecule has 0 spiro atoms. The fourth-order valence-corrected chi connectivity index (χ4v) is 1.61. The summed E-state index contributed by atoms with van der Waals surface area (Å²) in [4.78, 5) is 6.65.